The lowest BCUT2D eigenvalue weighted by Gasteiger charge is -2.29. The van der Waals surface area contributed by atoms with Gasteiger partial charge in [-0.1, -0.05) is 6.07 Å². The lowest BCUT2D eigenvalue weighted by molar-refractivity contribution is 0.0206. The van der Waals surface area contributed by atoms with Crippen molar-refractivity contribution in [1.82, 2.24) is 0 Å². The van der Waals surface area contributed by atoms with Gasteiger partial charge in [-0.15, -0.1) is 0 Å². The van der Waals surface area contributed by atoms with Crippen molar-refractivity contribution in [2.45, 2.75) is 44.8 Å². The van der Waals surface area contributed by atoms with Gasteiger partial charge in [0.25, 0.3) is 0 Å². The molecule has 0 bridgehead atoms. The molecule has 0 amide bonds. The smallest absolute Gasteiger partial charge is 0.126 e. The fourth-order valence-electron chi connectivity index (χ4n) is 2.30. The topological polar surface area (TPSA) is 18.5 Å². The first-order valence-corrected chi connectivity index (χ1v) is 6.14. The van der Waals surface area contributed by atoms with Crippen LogP contribution < -0.4 is 4.74 Å². The predicted octanol–water partition coefficient (Wildman–Crippen LogP) is 3.47. The zero-order valence-electron chi connectivity index (χ0n) is 10.4. The molecule has 0 N–H and O–H groups in total. The minimum Gasteiger partial charge on any atom is -0.490 e. The molecule has 0 heterocycles. The van der Waals surface area contributed by atoms with E-state index in [1.165, 1.54) is 12.1 Å². The lowest BCUT2D eigenvalue weighted by Crippen LogP contribution is -2.29. The minimum atomic E-state index is -0.246. The van der Waals surface area contributed by atoms with Crippen molar-refractivity contribution in [2.75, 3.05) is 7.11 Å². The lowest BCUT2D eigenvalue weighted by atomic mass is 9.95. The molecule has 0 aromatic heterocycles. The molecular weight excluding hydrogens is 219 g/mol. The van der Waals surface area contributed by atoms with Gasteiger partial charge in [0.1, 0.15) is 17.7 Å². The number of halogens is 1. The van der Waals surface area contributed by atoms with Crippen molar-refractivity contribution in [3.05, 3.63) is 29.6 Å². The highest BCUT2D eigenvalue weighted by molar-refractivity contribution is 5.32. The Hall–Kier alpha value is -1.09. The van der Waals surface area contributed by atoms with E-state index in [0.717, 1.165) is 31.2 Å². The highest BCUT2D eigenvalue weighted by Crippen LogP contribution is 2.27. The van der Waals surface area contributed by atoms with Gasteiger partial charge >= 0.3 is 0 Å². The molecule has 0 spiro atoms. The maximum Gasteiger partial charge on any atom is 0.126 e. The summed E-state index contributed by atoms with van der Waals surface area (Å²) >= 11 is 0. The number of hydrogen-bond acceptors (Lipinski definition) is 2. The number of rotatable bonds is 3. The Morgan fingerprint density at radius 3 is 2.76 bits per heavy atom. The van der Waals surface area contributed by atoms with Gasteiger partial charge in [-0.3, -0.25) is 0 Å². The highest BCUT2D eigenvalue weighted by atomic mass is 19.1. The van der Waals surface area contributed by atoms with Gasteiger partial charge in [0.2, 0.25) is 0 Å². The van der Waals surface area contributed by atoms with Gasteiger partial charge in [0.15, 0.2) is 0 Å². The van der Waals surface area contributed by atoms with Gasteiger partial charge < -0.3 is 9.47 Å². The van der Waals surface area contributed by atoms with E-state index in [0.29, 0.717) is 5.75 Å². The molecule has 1 saturated carbocycles. The van der Waals surface area contributed by atoms with Crippen LogP contribution in [0, 0.1) is 12.7 Å². The Morgan fingerprint density at radius 2 is 2.00 bits per heavy atom. The van der Waals surface area contributed by atoms with Crippen LogP contribution in [-0.4, -0.2) is 19.3 Å². The first kappa shape index (κ1) is 12.4. The average molecular weight is 238 g/mol. The summed E-state index contributed by atoms with van der Waals surface area (Å²) in [6.45, 7) is 1.94. The second-order valence-electron chi connectivity index (χ2n) is 4.67. The summed E-state index contributed by atoms with van der Waals surface area (Å²) < 4.78 is 24.4. The van der Waals surface area contributed by atoms with Crippen LogP contribution in [0.5, 0.6) is 5.75 Å². The van der Waals surface area contributed by atoms with Gasteiger partial charge in [0.05, 0.1) is 6.10 Å². The van der Waals surface area contributed by atoms with Crippen LogP contribution in [0.25, 0.3) is 0 Å². The van der Waals surface area contributed by atoms with Crippen LogP contribution in [-0.2, 0) is 4.74 Å². The minimum absolute atomic E-state index is 0.147. The molecule has 2 atom stereocenters. The molecule has 0 radical (unpaired) electrons. The molecular formula is C14H19FO2. The number of ether oxygens (including phenoxy) is 2. The number of hydrogen-bond donors (Lipinski definition) is 0. The van der Waals surface area contributed by atoms with Crippen LogP contribution in [0.1, 0.15) is 31.2 Å². The fraction of sp³-hybridized carbons (Fsp3) is 0.571. The molecule has 1 aromatic rings. The zero-order chi connectivity index (χ0) is 12.3. The Kier molecular flexibility index (Phi) is 4.00. The standard InChI is InChI=1S/C14H19FO2/c1-10-6-7-11(15)8-14(10)17-13-5-3-4-12(9-13)16-2/h6-8,12-13H,3-5,9H2,1-2H3/t12-,13-/m1/s1. The second-order valence-corrected chi connectivity index (χ2v) is 4.67. The molecule has 3 heteroatoms. The van der Waals surface area contributed by atoms with Crippen molar-refractivity contribution in [3.63, 3.8) is 0 Å². The molecule has 0 saturated heterocycles. The third kappa shape index (κ3) is 3.19. The van der Waals surface area contributed by atoms with Crippen molar-refractivity contribution in [1.29, 1.82) is 0 Å². The van der Waals surface area contributed by atoms with Crippen molar-refractivity contribution >= 4 is 0 Å². The molecule has 2 rings (SSSR count). The Morgan fingerprint density at radius 1 is 1.24 bits per heavy atom. The predicted molar refractivity (Wildman–Crippen MR) is 64.8 cm³/mol. The first-order chi connectivity index (χ1) is 8.19. The van der Waals surface area contributed by atoms with E-state index in [4.69, 9.17) is 9.47 Å². The molecule has 0 aliphatic heterocycles. The van der Waals surface area contributed by atoms with Gasteiger partial charge in [-0.2, -0.15) is 0 Å². The van der Waals surface area contributed by atoms with Crippen molar-refractivity contribution < 1.29 is 13.9 Å². The van der Waals surface area contributed by atoms with E-state index < -0.39 is 0 Å². The summed E-state index contributed by atoms with van der Waals surface area (Å²) in [4.78, 5) is 0. The van der Waals surface area contributed by atoms with Gasteiger partial charge in [-0.05, 0) is 37.8 Å². The third-order valence-electron chi connectivity index (χ3n) is 3.36. The molecule has 17 heavy (non-hydrogen) atoms. The van der Waals surface area contributed by atoms with Crippen LogP contribution in [0.2, 0.25) is 0 Å². The summed E-state index contributed by atoms with van der Waals surface area (Å²) in [5.41, 5.74) is 0.978. The Labute approximate surface area is 102 Å². The van der Waals surface area contributed by atoms with E-state index in [2.05, 4.69) is 0 Å². The van der Waals surface area contributed by atoms with E-state index >= 15 is 0 Å². The highest BCUT2D eigenvalue weighted by Gasteiger charge is 2.23. The van der Waals surface area contributed by atoms with Gasteiger partial charge in [-0.25, -0.2) is 4.39 Å². The maximum atomic E-state index is 13.1. The summed E-state index contributed by atoms with van der Waals surface area (Å²) in [6, 6.07) is 4.67. The number of methoxy groups -OCH3 is 1. The zero-order valence-corrected chi connectivity index (χ0v) is 10.4. The normalized spacial score (nSPS) is 24.6. The Balaban J connectivity index is 2.02. The molecule has 1 aromatic carbocycles. The first-order valence-electron chi connectivity index (χ1n) is 6.14. The summed E-state index contributed by atoms with van der Waals surface area (Å²) in [6.07, 6.45) is 4.55. The largest absolute Gasteiger partial charge is 0.490 e. The summed E-state index contributed by atoms with van der Waals surface area (Å²) in [5.74, 6) is 0.413. The monoisotopic (exact) mass is 238 g/mol. The molecule has 1 fully saturated rings. The second kappa shape index (κ2) is 5.50. The van der Waals surface area contributed by atoms with E-state index in [1.54, 1.807) is 13.2 Å². The number of aryl methyl sites for hydroxylation is 1. The van der Waals surface area contributed by atoms with E-state index in [9.17, 15) is 4.39 Å². The summed E-state index contributed by atoms with van der Waals surface area (Å²) in [7, 11) is 1.74. The van der Waals surface area contributed by atoms with E-state index in [-0.39, 0.29) is 18.0 Å². The van der Waals surface area contributed by atoms with Gasteiger partial charge in [0, 0.05) is 19.6 Å². The molecule has 2 nitrogen and oxygen atoms in total. The van der Waals surface area contributed by atoms with E-state index in [1.807, 2.05) is 6.92 Å². The molecule has 0 unspecified atom stereocenters. The Bertz CT molecular complexity index is 378. The van der Waals surface area contributed by atoms with Crippen molar-refractivity contribution in [2.24, 2.45) is 0 Å². The quantitative estimate of drug-likeness (QED) is 0.802. The molecule has 1 aliphatic rings. The maximum absolute atomic E-state index is 13.1. The number of benzene rings is 1. The molecule has 1 aliphatic carbocycles. The fourth-order valence-corrected chi connectivity index (χ4v) is 2.30. The molecule has 94 valence electrons. The van der Waals surface area contributed by atoms with Crippen LogP contribution >= 0.6 is 0 Å². The SMILES string of the molecule is CO[C@@H]1CCC[C@@H](Oc2cc(F)ccc2C)C1. The average Bonchev–Trinajstić information content (AvgIpc) is 2.34. The third-order valence-corrected chi connectivity index (χ3v) is 3.36. The van der Waals surface area contributed by atoms with Crippen LogP contribution in [0.15, 0.2) is 18.2 Å². The van der Waals surface area contributed by atoms with Crippen LogP contribution in [0.4, 0.5) is 4.39 Å². The van der Waals surface area contributed by atoms with Crippen LogP contribution in [0.3, 0.4) is 0 Å². The summed E-state index contributed by atoms with van der Waals surface area (Å²) in [5, 5.41) is 0. The van der Waals surface area contributed by atoms with Crippen molar-refractivity contribution in [3.8, 4) is 5.75 Å².